The number of para-hydroxylation sites is 1. The van der Waals surface area contributed by atoms with Crippen LogP contribution < -0.4 is 5.32 Å². The molecule has 0 aliphatic carbocycles. The highest BCUT2D eigenvalue weighted by Gasteiger charge is 2.28. The Bertz CT molecular complexity index is 877. The average molecular weight is 327 g/mol. The Balaban J connectivity index is 1.66. The summed E-state index contributed by atoms with van der Waals surface area (Å²) in [6.45, 7) is 5.40. The van der Waals surface area contributed by atoms with E-state index in [9.17, 15) is 9.90 Å². The molecule has 1 unspecified atom stereocenters. The van der Waals surface area contributed by atoms with Crippen LogP contribution in [-0.4, -0.2) is 27.8 Å². The summed E-state index contributed by atoms with van der Waals surface area (Å²) in [7, 11) is 0. The van der Waals surface area contributed by atoms with Crippen molar-refractivity contribution in [2.75, 3.05) is 6.54 Å². The summed E-state index contributed by atoms with van der Waals surface area (Å²) in [5, 5.41) is 21.4. The lowest BCUT2D eigenvalue weighted by Crippen LogP contribution is -2.39. The van der Waals surface area contributed by atoms with Crippen LogP contribution in [0.5, 0.6) is 0 Å². The van der Waals surface area contributed by atoms with Crippen molar-refractivity contribution in [3.63, 3.8) is 0 Å². The van der Waals surface area contributed by atoms with E-state index in [0.29, 0.717) is 11.3 Å². The fourth-order valence-corrected chi connectivity index (χ4v) is 2.90. The first-order valence-electron chi connectivity index (χ1n) is 7.85. The van der Waals surface area contributed by atoms with E-state index in [1.54, 1.807) is 19.9 Å². The number of aromatic nitrogens is 2. The Morgan fingerprint density at radius 1 is 1.38 bits per heavy atom. The van der Waals surface area contributed by atoms with E-state index in [-0.39, 0.29) is 18.9 Å². The summed E-state index contributed by atoms with van der Waals surface area (Å²) in [5.41, 5.74) is 1.09. The van der Waals surface area contributed by atoms with E-state index in [0.717, 1.165) is 22.4 Å². The van der Waals surface area contributed by atoms with E-state index >= 15 is 0 Å². The number of aromatic amines is 1. The number of amides is 1. The van der Waals surface area contributed by atoms with E-state index < -0.39 is 5.60 Å². The molecule has 0 aliphatic rings. The monoisotopic (exact) mass is 327 g/mol. The van der Waals surface area contributed by atoms with Crippen LogP contribution in [0.3, 0.4) is 0 Å². The van der Waals surface area contributed by atoms with Gasteiger partial charge in [0.1, 0.15) is 17.1 Å². The van der Waals surface area contributed by atoms with Gasteiger partial charge in [0, 0.05) is 10.9 Å². The van der Waals surface area contributed by atoms with Gasteiger partial charge in [-0.2, -0.15) is 5.10 Å². The number of benzene rings is 1. The molecule has 2 heterocycles. The van der Waals surface area contributed by atoms with Crippen LogP contribution in [0.15, 0.2) is 34.7 Å². The highest BCUT2D eigenvalue weighted by Crippen LogP contribution is 2.26. The average Bonchev–Trinajstić information content (AvgIpc) is 3.09. The van der Waals surface area contributed by atoms with Gasteiger partial charge in [-0.3, -0.25) is 9.89 Å². The van der Waals surface area contributed by atoms with E-state index in [1.807, 2.05) is 31.2 Å². The minimum absolute atomic E-state index is 0.109. The molecule has 6 heteroatoms. The summed E-state index contributed by atoms with van der Waals surface area (Å²) < 4.78 is 5.46. The number of rotatable bonds is 5. The Morgan fingerprint density at radius 3 is 2.83 bits per heavy atom. The van der Waals surface area contributed by atoms with Crippen LogP contribution in [0.4, 0.5) is 0 Å². The molecule has 3 aromatic rings. The zero-order chi connectivity index (χ0) is 17.3. The molecule has 1 aromatic carbocycles. The quantitative estimate of drug-likeness (QED) is 0.671. The van der Waals surface area contributed by atoms with Gasteiger partial charge in [-0.1, -0.05) is 18.2 Å². The lowest BCUT2D eigenvalue weighted by Gasteiger charge is -2.23. The second-order valence-electron chi connectivity index (χ2n) is 6.27. The number of hydrogen-bond acceptors (Lipinski definition) is 4. The van der Waals surface area contributed by atoms with Crippen molar-refractivity contribution >= 4 is 16.8 Å². The number of aliphatic hydroxyl groups is 1. The number of nitrogens with one attached hydrogen (secondary N) is 2. The number of hydrogen-bond donors (Lipinski definition) is 3. The predicted octanol–water partition coefficient (Wildman–Crippen LogP) is 2.34. The van der Waals surface area contributed by atoms with Crippen molar-refractivity contribution in [1.29, 1.82) is 0 Å². The Labute approximate surface area is 139 Å². The van der Waals surface area contributed by atoms with Gasteiger partial charge in [-0.25, -0.2) is 0 Å². The summed E-state index contributed by atoms with van der Waals surface area (Å²) in [4.78, 5) is 12.2. The first-order chi connectivity index (χ1) is 11.4. The highest BCUT2D eigenvalue weighted by atomic mass is 16.3. The number of furan rings is 1. The molecule has 0 saturated carbocycles. The van der Waals surface area contributed by atoms with Crippen LogP contribution in [0.25, 0.3) is 10.9 Å². The van der Waals surface area contributed by atoms with Gasteiger partial charge < -0.3 is 14.8 Å². The molecule has 0 saturated heterocycles. The molecule has 3 N–H and O–H groups in total. The molecular formula is C18H21N3O3. The van der Waals surface area contributed by atoms with Crippen molar-refractivity contribution in [2.24, 2.45) is 0 Å². The van der Waals surface area contributed by atoms with Gasteiger partial charge >= 0.3 is 0 Å². The fourth-order valence-electron chi connectivity index (χ4n) is 2.90. The maximum absolute atomic E-state index is 12.2. The molecule has 0 aliphatic heterocycles. The summed E-state index contributed by atoms with van der Waals surface area (Å²) in [5.74, 6) is 1.21. The summed E-state index contributed by atoms with van der Waals surface area (Å²) >= 11 is 0. The SMILES string of the molecule is Cc1cc(C(C)(O)CNC(=O)Cc2[nH]nc3ccccc23)c(C)o1. The third-order valence-corrected chi connectivity index (χ3v) is 4.13. The van der Waals surface area contributed by atoms with E-state index in [1.165, 1.54) is 0 Å². The van der Waals surface area contributed by atoms with Gasteiger partial charge in [0.15, 0.2) is 0 Å². The number of H-pyrrole nitrogens is 1. The molecule has 24 heavy (non-hydrogen) atoms. The highest BCUT2D eigenvalue weighted by molar-refractivity contribution is 5.87. The molecule has 0 fully saturated rings. The van der Waals surface area contributed by atoms with Crippen LogP contribution in [0.1, 0.15) is 29.7 Å². The molecule has 2 aromatic heterocycles. The van der Waals surface area contributed by atoms with Crippen molar-refractivity contribution in [1.82, 2.24) is 15.5 Å². The molecule has 1 amide bonds. The fraction of sp³-hybridized carbons (Fsp3) is 0.333. The third kappa shape index (κ3) is 3.19. The summed E-state index contributed by atoms with van der Waals surface area (Å²) in [6, 6.07) is 9.43. The minimum atomic E-state index is -1.19. The molecule has 0 spiro atoms. The smallest absolute Gasteiger partial charge is 0.226 e. The molecule has 6 nitrogen and oxygen atoms in total. The molecule has 0 bridgehead atoms. The van der Waals surface area contributed by atoms with Crippen LogP contribution in [-0.2, 0) is 16.8 Å². The number of carbonyl (C=O) groups excluding carboxylic acids is 1. The second-order valence-corrected chi connectivity index (χ2v) is 6.27. The third-order valence-electron chi connectivity index (χ3n) is 4.13. The van der Waals surface area contributed by atoms with Gasteiger partial charge in [0.2, 0.25) is 5.91 Å². The topological polar surface area (TPSA) is 91.2 Å². The largest absolute Gasteiger partial charge is 0.466 e. The standard InChI is InChI=1S/C18H21N3O3/c1-11-8-14(12(2)24-11)18(3,23)10-19-17(22)9-16-13-6-4-5-7-15(13)20-21-16/h4-8,23H,9-10H2,1-3H3,(H,19,22)(H,20,21). The molecular weight excluding hydrogens is 306 g/mol. The molecule has 3 rings (SSSR count). The first-order valence-corrected chi connectivity index (χ1v) is 7.85. The van der Waals surface area contributed by atoms with E-state index in [4.69, 9.17) is 4.42 Å². The van der Waals surface area contributed by atoms with Crippen molar-refractivity contribution in [2.45, 2.75) is 32.8 Å². The number of aryl methyl sites for hydroxylation is 2. The predicted molar refractivity (Wildman–Crippen MR) is 90.6 cm³/mol. The zero-order valence-electron chi connectivity index (χ0n) is 14.0. The van der Waals surface area contributed by atoms with Crippen LogP contribution in [0.2, 0.25) is 0 Å². The maximum atomic E-state index is 12.2. The van der Waals surface area contributed by atoms with Gasteiger partial charge in [0.25, 0.3) is 0 Å². The number of carbonyl (C=O) groups is 1. The zero-order valence-corrected chi connectivity index (χ0v) is 14.0. The number of fused-ring (bicyclic) bond motifs is 1. The summed E-state index contributed by atoms with van der Waals surface area (Å²) in [6.07, 6.45) is 0.181. The van der Waals surface area contributed by atoms with Crippen LogP contribution >= 0.6 is 0 Å². The molecule has 1 atom stereocenters. The van der Waals surface area contributed by atoms with Crippen molar-refractivity contribution in [3.8, 4) is 0 Å². The lowest BCUT2D eigenvalue weighted by atomic mass is 9.96. The van der Waals surface area contributed by atoms with Crippen LogP contribution in [0, 0.1) is 13.8 Å². The molecule has 0 radical (unpaired) electrons. The molecule has 126 valence electrons. The normalized spacial score (nSPS) is 13.8. The second kappa shape index (κ2) is 6.13. The lowest BCUT2D eigenvalue weighted by molar-refractivity contribution is -0.121. The maximum Gasteiger partial charge on any atom is 0.226 e. The van der Waals surface area contributed by atoms with Crippen molar-refractivity contribution in [3.05, 3.63) is 53.1 Å². The van der Waals surface area contributed by atoms with Crippen molar-refractivity contribution < 1.29 is 14.3 Å². The van der Waals surface area contributed by atoms with Gasteiger partial charge in [0.05, 0.1) is 24.2 Å². The first kappa shape index (κ1) is 16.3. The van der Waals surface area contributed by atoms with E-state index in [2.05, 4.69) is 15.5 Å². The Hall–Kier alpha value is -2.60. The minimum Gasteiger partial charge on any atom is -0.466 e. The van der Waals surface area contributed by atoms with Gasteiger partial charge in [-0.05, 0) is 32.9 Å². The number of nitrogens with zero attached hydrogens (tertiary/aromatic N) is 1. The van der Waals surface area contributed by atoms with Gasteiger partial charge in [-0.15, -0.1) is 0 Å². The Kier molecular flexibility index (Phi) is 4.15. The Morgan fingerprint density at radius 2 is 2.12 bits per heavy atom.